The van der Waals surface area contributed by atoms with Crippen molar-refractivity contribution in [3.05, 3.63) is 52.6 Å². The zero-order chi connectivity index (χ0) is 18.3. The molecule has 0 radical (unpaired) electrons. The molecular weight excluding hydrogens is 336 g/mol. The molecule has 4 rings (SSSR count). The van der Waals surface area contributed by atoms with Gasteiger partial charge >= 0.3 is 5.69 Å². The summed E-state index contributed by atoms with van der Waals surface area (Å²) < 4.78 is 12.6. The second-order valence-electron chi connectivity index (χ2n) is 6.47. The number of furan rings is 1. The van der Waals surface area contributed by atoms with Crippen LogP contribution in [0.5, 0.6) is 0 Å². The lowest BCUT2D eigenvalue weighted by atomic mass is 10.1. The molecule has 0 saturated carbocycles. The number of aliphatic hydroxyl groups is 2. The number of fused-ring (bicyclic) bond motifs is 1. The van der Waals surface area contributed by atoms with Gasteiger partial charge in [0.25, 0.3) is 0 Å². The fourth-order valence-corrected chi connectivity index (χ4v) is 3.23. The van der Waals surface area contributed by atoms with E-state index in [1.165, 1.54) is 10.1 Å². The summed E-state index contributed by atoms with van der Waals surface area (Å²) in [6, 6.07) is 9.86. The summed E-state index contributed by atoms with van der Waals surface area (Å²) in [6.07, 6.45) is 0.637. The fraction of sp³-hybridized carbons (Fsp3) is 0.368. The summed E-state index contributed by atoms with van der Waals surface area (Å²) in [4.78, 5) is 16.3. The van der Waals surface area contributed by atoms with Gasteiger partial charge < -0.3 is 19.4 Å². The molecule has 7 nitrogen and oxygen atoms in total. The van der Waals surface area contributed by atoms with Crippen molar-refractivity contribution in [3.8, 4) is 11.3 Å². The highest BCUT2D eigenvalue weighted by Gasteiger charge is 2.35. The van der Waals surface area contributed by atoms with Crippen molar-refractivity contribution in [1.29, 1.82) is 0 Å². The van der Waals surface area contributed by atoms with Gasteiger partial charge in [-0.3, -0.25) is 4.57 Å². The van der Waals surface area contributed by atoms with Crippen LogP contribution in [-0.4, -0.2) is 38.6 Å². The number of benzene rings is 1. The molecule has 0 amide bonds. The van der Waals surface area contributed by atoms with Gasteiger partial charge in [-0.1, -0.05) is 31.2 Å². The molecule has 3 heterocycles. The third-order valence-corrected chi connectivity index (χ3v) is 4.78. The van der Waals surface area contributed by atoms with Crippen molar-refractivity contribution in [1.82, 2.24) is 9.55 Å². The SMILES string of the molecule is CCc1ccc(-c2cc3cn(C4CC(O)C(CO)O4)c(=O)nc3o2)cc1. The lowest BCUT2D eigenvalue weighted by Gasteiger charge is -2.13. The maximum atomic E-state index is 12.3. The van der Waals surface area contributed by atoms with Gasteiger partial charge in [-0.05, 0) is 18.1 Å². The zero-order valence-electron chi connectivity index (χ0n) is 14.3. The first-order chi connectivity index (χ1) is 12.6. The number of nitrogens with zero attached hydrogens (tertiary/aromatic N) is 2. The number of hydrogen-bond acceptors (Lipinski definition) is 6. The Morgan fingerprint density at radius 1 is 1.31 bits per heavy atom. The van der Waals surface area contributed by atoms with Crippen molar-refractivity contribution in [2.24, 2.45) is 0 Å². The van der Waals surface area contributed by atoms with Crippen LogP contribution in [0.2, 0.25) is 0 Å². The van der Waals surface area contributed by atoms with Crippen molar-refractivity contribution >= 4 is 11.1 Å². The molecule has 7 heteroatoms. The molecule has 26 heavy (non-hydrogen) atoms. The molecule has 2 aromatic heterocycles. The molecule has 1 aromatic carbocycles. The van der Waals surface area contributed by atoms with Gasteiger partial charge in [0.05, 0.1) is 18.1 Å². The first-order valence-electron chi connectivity index (χ1n) is 8.65. The number of aromatic nitrogens is 2. The molecule has 0 bridgehead atoms. The maximum absolute atomic E-state index is 12.3. The number of hydrogen-bond donors (Lipinski definition) is 2. The monoisotopic (exact) mass is 356 g/mol. The van der Waals surface area contributed by atoms with E-state index in [0.29, 0.717) is 11.1 Å². The Labute approximate surface area is 149 Å². The molecule has 0 spiro atoms. The van der Waals surface area contributed by atoms with Crippen LogP contribution in [0.4, 0.5) is 0 Å². The van der Waals surface area contributed by atoms with E-state index in [9.17, 15) is 15.0 Å². The van der Waals surface area contributed by atoms with E-state index in [1.807, 2.05) is 30.3 Å². The van der Waals surface area contributed by atoms with Crippen LogP contribution in [0.3, 0.4) is 0 Å². The van der Waals surface area contributed by atoms with Gasteiger partial charge in [0.15, 0.2) is 0 Å². The Morgan fingerprint density at radius 3 is 2.73 bits per heavy atom. The predicted molar refractivity (Wildman–Crippen MR) is 94.7 cm³/mol. The Hall–Kier alpha value is -2.48. The molecule has 136 valence electrons. The van der Waals surface area contributed by atoms with Gasteiger partial charge in [0.1, 0.15) is 18.1 Å². The molecule has 1 aliphatic rings. The van der Waals surface area contributed by atoms with E-state index >= 15 is 0 Å². The summed E-state index contributed by atoms with van der Waals surface area (Å²) in [5.41, 5.74) is 1.89. The minimum atomic E-state index is -0.815. The third-order valence-electron chi connectivity index (χ3n) is 4.78. The number of aliphatic hydroxyl groups excluding tert-OH is 2. The molecule has 3 atom stereocenters. The first-order valence-corrected chi connectivity index (χ1v) is 8.65. The average Bonchev–Trinajstić information content (AvgIpc) is 3.23. The smallest absolute Gasteiger partial charge is 0.353 e. The largest absolute Gasteiger partial charge is 0.437 e. The highest BCUT2D eigenvalue weighted by molar-refractivity contribution is 5.79. The van der Waals surface area contributed by atoms with E-state index < -0.39 is 24.1 Å². The molecular formula is C19H20N2O5. The van der Waals surface area contributed by atoms with Crippen molar-refractivity contribution in [2.75, 3.05) is 6.61 Å². The molecule has 1 saturated heterocycles. The third kappa shape index (κ3) is 2.94. The normalized spacial score (nSPS) is 23.0. The molecule has 3 aromatic rings. The summed E-state index contributed by atoms with van der Waals surface area (Å²) in [5.74, 6) is 0.632. The summed E-state index contributed by atoms with van der Waals surface area (Å²) in [7, 11) is 0. The maximum Gasteiger partial charge on any atom is 0.353 e. The summed E-state index contributed by atoms with van der Waals surface area (Å²) >= 11 is 0. The number of ether oxygens (including phenoxy) is 1. The van der Waals surface area contributed by atoms with E-state index in [0.717, 1.165) is 12.0 Å². The lowest BCUT2D eigenvalue weighted by Crippen LogP contribution is -2.27. The van der Waals surface area contributed by atoms with Crippen LogP contribution in [0, 0.1) is 0 Å². The van der Waals surface area contributed by atoms with Crippen molar-refractivity contribution in [2.45, 2.75) is 38.2 Å². The van der Waals surface area contributed by atoms with Crippen LogP contribution >= 0.6 is 0 Å². The van der Waals surface area contributed by atoms with E-state index in [4.69, 9.17) is 9.15 Å². The standard InChI is InChI=1S/C19H20N2O5/c1-2-11-3-5-12(6-4-11)15-7-13-9-21(19(24)20-18(13)26-15)17-8-14(23)16(10-22)25-17/h3-7,9,14,16-17,22-23H,2,8,10H2,1H3. The van der Waals surface area contributed by atoms with Gasteiger partial charge in [-0.15, -0.1) is 0 Å². The predicted octanol–water partition coefficient (Wildman–Crippen LogP) is 1.86. The van der Waals surface area contributed by atoms with Crippen LogP contribution in [0.1, 0.15) is 25.1 Å². The molecule has 3 unspecified atom stereocenters. The highest BCUT2D eigenvalue weighted by Crippen LogP contribution is 2.30. The van der Waals surface area contributed by atoms with Crippen LogP contribution in [-0.2, 0) is 11.2 Å². The average molecular weight is 356 g/mol. The van der Waals surface area contributed by atoms with Gasteiger partial charge in [-0.2, -0.15) is 4.98 Å². The van der Waals surface area contributed by atoms with E-state index in [1.54, 1.807) is 6.20 Å². The van der Waals surface area contributed by atoms with Gasteiger partial charge in [0.2, 0.25) is 5.71 Å². The van der Waals surface area contributed by atoms with E-state index in [2.05, 4.69) is 11.9 Å². The fourth-order valence-electron chi connectivity index (χ4n) is 3.23. The van der Waals surface area contributed by atoms with Gasteiger partial charge in [-0.25, -0.2) is 4.79 Å². The molecule has 1 aliphatic heterocycles. The Kier molecular flexibility index (Phi) is 4.36. The Morgan fingerprint density at radius 2 is 2.08 bits per heavy atom. The Bertz CT molecular complexity index is 976. The van der Waals surface area contributed by atoms with Gasteiger partial charge in [0, 0.05) is 18.2 Å². The van der Waals surface area contributed by atoms with Crippen LogP contribution in [0.25, 0.3) is 22.4 Å². The highest BCUT2D eigenvalue weighted by atomic mass is 16.5. The second kappa shape index (κ2) is 6.68. The minimum absolute atomic E-state index is 0.224. The number of aryl methyl sites for hydroxylation is 1. The van der Waals surface area contributed by atoms with Crippen LogP contribution < -0.4 is 5.69 Å². The first kappa shape index (κ1) is 17.0. The zero-order valence-corrected chi connectivity index (χ0v) is 14.3. The molecule has 1 fully saturated rings. The lowest BCUT2D eigenvalue weighted by molar-refractivity contribution is -0.0457. The molecule has 0 aliphatic carbocycles. The Balaban J connectivity index is 1.70. The quantitative estimate of drug-likeness (QED) is 0.740. The van der Waals surface area contributed by atoms with Crippen LogP contribution in [0.15, 0.2) is 45.7 Å². The summed E-state index contributed by atoms with van der Waals surface area (Å²) in [5, 5.41) is 19.8. The topological polar surface area (TPSA) is 97.7 Å². The van der Waals surface area contributed by atoms with Crippen molar-refractivity contribution in [3.63, 3.8) is 0 Å². The second-order valence-corrected chi connectivity index (χ2v) is 6.47. The summed E-state index contributed by atoms with van der Waals surface area (Å²) in [6.45, 7) is 1.80. The molecule has 2 N–H and O–H groups in total. The number of rotatable bonds is 4. The minimum Gasteiger partial charge on any atom is -0.437 e. The van der Waals surface area contributed by atoms with Crippen molar-refractivity contribution < 1.29 is 19.4 Å². The van der Waals surface area contributed by atoms with E-state index in [-0.39, 0.29) is 18.7 Å².